The fraction of sp³-hybridized carbons (Fsp3) is 0.429. The van der Waals surface area contributed by atoms with Crippen molar-refractivity contribution in [2.75, 3.05) is 31.1 Å². The van der Waals surface area contributed by atoms with Crippen LogP contribution in [-0.2, 0) is 18.4 Å². The van der Waals surface area contributed by atoms with Gasteiger partial charge in [0.2, 0.25) is 0 Å². The Morgan fingerprint density at radius 3 is 2.42 bits per heavy atom. The summed E-state index contributed by atoms with van der Waals surface area (Å²) < 4.78 is 16.1. The van der Waals surface area contributed by atoms with Crippen LogP contribution >= 0.6 is 0 Å². The van der Waals surface area contributed by atoms with E-state index in [0.717, 1.165) is 31.9 Å². The van der Waals surface area contributed by atoms with Gasteiger partial charge in [-0.1, -0.05) is 0 Å². The van der Waals surface area contributed by atoms with Crippen molar-refractivity contribution < 1.29 is 9.18 Å². The highest BCUT2D eigenvalue weighted by molar-refractivity contribution is 5.82. The Labute approximate surface area is 177 Å². The van der Waals surface area contributed by atoms with E-state index < -0.39 is 17.3 Å². The summed E-state index contributed by atoms with van der Waals surface area (Å²) >= 11 is 0. The molecule has 9 nitrogen and oxygen atoms in total. The zero-order valence-electron chi connectivity index (χ0n) is 17.8. The number of imidazole rings is 1. The van der Waals surface area contributed by atoms with E-state index in [2.05, 4.69) is 19.8 Å². The molecule has 3 aromatic rings. The minimum atomic E-state index is -0.584. The maximum atomic E-state index is 13.2. The van der Waals surface area contributed by atoms with Crippen molar-refractivity contribution in [1.29, 1.82) is 0 Å². The Kier molecular flexibility index (Phi) is 5.48. The van der Waals surface area contributed by atoms with Gasteiger partial charge >= 0.3 is 5.69 Å². The average molecular weight is 428 g/mol. The van der Waals surface area contributed by atoms with Crippen molar-refractivity contribution in [3.05, 3.63) is 56.7 Å². The van der Waals surface area contributed by atoms with Crippen molar-refractivity contribution in [1.82, 2.24) is 24.0 Å². The smallest absolute Gasteiger partial charge is 0.329 e. The molecule has 2 aromatic heterocycles. The second-order valence-electron chi connectivity index (χ2n) is 7.91. The third kappa shape index (κ3) is 3.90. The number of fused-ring (bicyclic) bond motifs is 1. The summed E-state index contributed by atoms with van der Waals surface area (Å²) in [5.74, 6) is 0.208. The molecule has 1 aliphatic rings. The van der Waals surface area contributed by atoms with E-state index in [4.69, 9.17) is 0 Å². The molecule has 1 aliphatic heterocycles. The number of benzene rings is 1. The first-order valence-electron chi connectivity index (χ1n) is 10.2. The van der Waals surface area contributed by atoms with Gasteiger partial charge in [-0.3, -0.25) is 24.0 Å². The number of piperazine rings is 1. The van der Waals surface area contributed by atoms with E-state index in [1.807, 2.05) is 0 Å². The van der Waals surface area contributed by atoms with Gasteiger partial charge in [0.15, 0.2) is 16.9 Å². The van der Waals surface area contributed by atoms with E-state index in [1.165, 1.54) is 23.6 Å². The minimum Gasteiger partial charge on any atom is -0.369 e. The van der Waals surface area contributed by atoms with E-state index in [-0.39, 0.29) is 22.8 Å². The van der Waals surface area contributed by atoms with Crippen LogP contribution < -0.4 is 16.1 Å². The summed E-state index contributed by atoms with van der Waals surface area (Å²) in [4.78, 5) is 47.9. The first-order chi connectivity index (χ1) is 14.8. The molecule has 0 unspecified atom stereocenters. The summed E-state index contributed by atoms with van der Waals surface area (Å²) in [7, 11) is 1.54. The number of hydrogen-bond donors (Lipinski definition) is 1. The first kappa shape index (κ1) is 21.0. The minimum absolute atomic E-state index is 0.102. The molecule has 1 saturated heterocycles. The Hall–Kier alpha value is -3.27. The van der Waals surface area contributed by atoms with Crippen LogP contribution in [0.1, 0.15) is 25.7 Å². The van der Waals surface area contributed by atoms with Gasteiger partial charge < -0.3 is 9.47 Å². The van der Waals surface area contributed by atoms with Crippen LogP contribution in [0.25, 0.3) is 11.2 Å². The molecule has 10 heteroatoms. The van der Waals surface area contributed by atoms with Crippen LogP contribution in [0.15, 0.2) is 33.9 Å². The van der Waals surface area contributed by atoms with Gasteiger partial charge in [-0.25, -0.2) is 14.2 Å². The van der Waals surface area contributed by atoms with Crippen LogP contribution in [0.3, 0.4) is 0 Å². The number of Topliss-reactive ketones (excluding diaryl/α,β-unsaturated/α-hetero) is 1. The van der Waals surface area contributed by atoms with Crippen molar-refractivity contribution >= 4 is 22.6 Å². The van der Waals surface area contributed by atoms with Crippen molar-refractivity contribution in [3.63, 3.8) is 0 Å². The van der Waals surface area contributed by atoms with Crippen LogP contribution in [0.5, 0.6) is 0 Å². The van der Waals surface area contributed by atoms with Crippen molar-refractivity contribution in [3.8, 4) is 0 Å². The number of hydrogen-bond acceptors (Lipinski definition) is 6. The number of aryl methyl sites for hydroxylation is 1. The topological polar surface area (TPSA) is 96.2 Å². The van der Waals surface area contributed by atoms with Gasteiger partial charge in [-0.15, -0.1) is 0 Å². The number of aromatic nitrogens is 4. The molecule has 0 amide bonds. The van der Waals surface area contributed by atoms with Gasteiger partial charge in [-0.2, -0.15) is 0 Å². The SMILES string of the molecule is CC(=O)[C@H](C)n1c(CN2CCN(c3ccc(F)cc3)CC2)nc2c1c(=O)[nH]c(=O)n2C. The normalized spacial score (nSPS) is 16.1. The fourth-order valence-corrected chi connectivity index (χ4v) is 3.97. The Bertz CT molecular complexity index is 1230. The first-order valence-corrected chi connectivity index (χ1v) is 10.2. The highest BCUT2D eigenvalue weighted by Crippen LogP contribution is 2.21. The van der Waals surface area contributed by atoms with Gasteiger partial charge in [0.05, 0.1) is 12.6 Å². The number of carbonyl (C=O) groups is 1. The van der Waals surface area contributed by atoms with Gasteiger partial charge in [0, 0.05) is 38.9 Å². The molecule has 0 radical (unpaired) electrons. The molecule has 0 spiro atoms. The predicted molar refractivity (Wildman–Crippen MR) is 115 cm³/mol. The number of rotatable bonds is 5. The third-order valence-corrected chi connectivity index (χ3v) is 5.93. The maximum Gasteiger partial charge on any atom is 0.329 e. The number of nitrogens with zero attached hydrogens (tertiary/aromatic N) is 5. The number of carbonyl (C=O) groups excluding carboxylic acids is 1. The number of anilines is 1. The molecule has 1 atom stereocenters. The number of nitrogens with one attached hydrogen (secondary N) is 1. The molecule has 31 heavy (non-hydrogen) atoms. The highest BCUT2D eigenvalue weighted by atomic mass is 19.1. The lowest BCUT2D eigenvalue weighted by molar-refractivity contribution is -0.119. The summed E-state index contributed by atoms with van der Waals surface area (Å²) in [6.07, 6.45) is 0. The molecule has 0 bridgehead atoms. The molecule has 1 fully saturated rings. The number of ketones is 1. The zero-order chi connectivity index (χ0) is 22.3. The second kappa shape index (κ2) is 8.10. The molecule has 4 rings (SSSR count). The van der Waals surface area contributed by atoms with Crippen LogP contribution in [-0.4, -0.2) is 56.0 Å². The monoisotopic (exact) mass is 428 g/mol. The maximum absolute atomic E-state index is 13.2. The van der Waals surface area contributed by atoms with Crippen LogP contribution in [0, 0.1) is 5.82 Å². The zero-order valence-corrected chi connectivity index (χ0v) is 17.8. The van der Waals surface area contributed by atoms with Crippen molar-refractivity contribution in [2.45, 2.75) is 26.4 Å². The lowest BCUT2D eigenvalue weighted by Crippen LogP contribution is -2.46. The van der Waals surface area contributed by atoms with Crippen LogP contribution in [0.2, 0.25) is 0 Å². The highest BCUT2D eigenvalue weighted by Gasteiger charge is 2.26. The van der Waals surface area contributed by atoms with E-state index in [1.54, 1.807) is 30.7 Å². The number of aromatic amines is 1. The Morgan fingerprint density at radius 1 is 1.16 bits per heavy atom. The van der Waals surface area contributed by atoms with Gasteiger partial charge in [0.1, 0.15) is 11.6 Å². The fourth-order valence-electron chi connectivity index (χ4n) is 3.97. The quantitative estimate of drug-likeness (QED) is 0.652. The lowest BCUT2D eigenvalue weighted by Gasteiger charge is -2.36. The lowest BCUT2D eigenvalue weighted by atomic mass is 10.2. The molecule has 1 aromatic carbocycles. The van der Waals surface area contributed by atoms with Crippen molar-refractivity contribution in [2.24, 2.45) is 7.05 Å². The molecule has 0 aliphatic carbocycles. The summed E-state index contributed by atoms with van der Waals surface area (Å²) in [6, 6.07) is 5.86. The predicted octanol–water partition coefficient (Wildman–Crippen LogP) is 1.03. The molecule has 164 valence electrons. The van der Waals surface area contributed by atoms with E-state index >= 15 is 0 Å². The molecular formula is C21H25FN6O3. The summed E-state index contributed by atoms with van der Waals surface area (Å²) in [5, 5.41) is 0. The van der Waals surface area contributed by atoms with Crippen LogP contribution in [0.4, 0.5) is 10.1 Å². The third-order valence-electron chi connectivity index (χ3n) is 5.93. The van der Waals surface area contributed by atoms with E-state index in [0.29, 0.717) is 12.4 Å². The Balaban J connectivity index is 1.62. The van der Waals surface area contributed by atoms with Gasteiger partial charge in [-0.05, 0) is 38.1 Å². The molecule has 1 N–H and O–H groups in total. The molecular weight excluding hydrogens is 403 g/mol. The average Bonchev–Trinajstić information content (AvgIpc) is 3.12. The van der Waals surface area contributed by atoms with Gasteiger partial charge in [0.25, 0.3) is 5.56 Å². The van der Waals surface area contributed by atoms with E-state index in [9.17, 15) is 18.8 Å². The summed E-state index contributed by atoms with van der Waals surface area (Å²) in [6.45, 7) is 6.63. The molecule has 3 heterocycles. The Morgan fingerprint density at radius 2 is 1.81 bits per heavy atom. The second-order valence-corrected chi connectivity index (χ2v) is 7.91. The number of halogens is 1. The number of H-pyrrole nitrogens is 1. The largest absolute Gasteiger partial charge is 0.369 e. The standard InChI is InChI=1S/C21H25FN6O3/c1-13(14(2)29)28-17(23-19-18(28)20(30)24-21(31)25(19)3)12-26-8-10-27(11-9-26)16-6-4-15(22)5-7-16/h4-7,13H,8-12H2,1-3H3,(H,24,30,31)/t13-/m0/s1. The summed E-state index contributed by atoms with van der Waals surface area (Å²) in [5.41, 5.74) is 0.370. The molecule has 0 saturated carbocycles.